The van der Waals surface area contributed by atoms with Gasteiger partial charge in [0.2, 0.25) is 5.91 Å². The molecule has 0 saturated carbocycles. The molecule has 6 heteroatoms. The van der Waals surface area contributed by atoms with Crippen molar-refractivity contribution < 1.29 is 14.7 Å². The summed E-state index contributed by atoms with van der Waals surface area (Å²) in [6, 6.07) is 4.06. The predicted octanol–water partition coefficient (Wildman–Crippen LogP) is 3.16. The summed E-state index contributed by atoms with van der Waals surface area (Å²) in [5.74, 6) is -0.825. The van der Waals surface area contributed by atoms with E-state index in [-0.39, 0.29) is 12.3 Å². The number of rotatable bonds is 8. The molecule has 0 aliphatic rings. The third-order valence-corrected chi connectivity index (χ3v) is 4.46. The van der Waals surface area contributed by atoms with Gasteiger partial charge in [0.25, 0.3) is 0 Å². The highest BCUT2D eigenvalue weighted by molar-refractivity contribution is 9.11. The molecule has 0 atom stereocenters. The quantitative estimate of drug-likeness (QED) is 0.785. The largest absolute Gasteiger partial charge is 0.481 e. The molecule has 0 aliphatic heterocycles. The van der Waals surface area contributed by atoms with Crippen LogP contribution in [0.15, 0.2) is 15.9 Å². The summed E-state index contributed by atoms with van der Waals surface area (Å²) in [6.45, 7) is 2.74. The number of halogens is 1. The molecule has 1 aromatic rings. The van der Waals surface area contributed by atoms with E-state index >= 15 is 0 Å². The second-order valence-electron chi connectivity index (χ2n) is 4.18. The van der Waals surface area contributed by atoms with Crippen LogP contribution in [-0.4, -0.2) is 35.0 Å². The molecule has 0 aliphatic carbocycles. The van der Waals surface area contributed by atoms with Crippen molar-refractivity contribution in [2.24, 2.45) is 0 Å². The summed E-state index contributed by atoms with van der Waals surface area (Å²) in [7, 11) is 0. The van der Waals surface area contributed by atoms with Crippen LogP contribution >= 0.6 is 27.3 Å². The number of thiophene rings is 1. The first-order valence-corrected chi connectivity index (χ1v) is 7.87. The normalized spacial score (nSPS) is 10.4. The minimum absolute atomic E-state index is 0.0114. The Bertz CT molecular complexity index is 433. The molecule has 1 rings (SSSR count). The molecule has 106 valence electrons. The second kappa shape index (κ2) is 8.32. The Morgan fingerprint density at radius 3 is 2.63 bits per heavy atom. The van der Waals surface area contributed by atoms with E-state index < -0.39 is 5.97 Å². The maximum atomic E-state index is 11.9. The molecule has 19 heavy (non-hydrogen) atoms. The third-order valence-electron chi connectivity index (χ3n) is 2.77. The summed E-state index contributed by atoms with van der Waals surface area (Å²) in [5.41, 5.74) is 0. The van der Waals surface area contributed by atoms with Crippen LogP contribution in [0.25, 0.3) is 0 Å². The Balaban J connectivity index is 2.30. The molecular formula is C13H18BrNO3S. The van der Waals surface area contributed by atoms with E-state index in [1.54, 1.807) is 16.2 Å². The Kier molecular flexibility index (Phi) is 7.09. The third kappa shape index (κ3) is 6.20. The van der Waals surface area contributed by atoms with Crippen molar-refractivity contribution >= 4 is 39.1 Å². The zero-order chi connectivity index (χ0) is 14.3. The minimum atomic E-state index is -0.866. The average molecular weight is 348 g/mol. The van der Waals surface area contributed by atoms with Gasteiger partial charge in [-0.2, -0.15) is 0 Å². The van der Waals surface area contributed by atoms with Gasteiger partial charge in [-0.25, -0.2) is 0 Å². The van der Waals surface area contributed by atoms with Gasteiger partial charge in [0.05, 0.1) is 10.2 Å². The van der Waals surface area contributed by atoms with Crippen LogP contribution in [0.5, 0.6) is 0 Å². The number of carbonyl (C=O) groups is 2. The Hall–Kier alpha value is -0.880. The molecular weight excluding hydrogens is 330 g/mol. The number of nitrogens with zero attached hydrogens (tertiary/aromatic N) is 1. The lowest BCUT2D eigenvalue weighted by Gasteiger charge is -2.19. The van der Waals surface area contributed by atoms with Crippen molar-refractivity contribution in [3.8, 4) is 0 Å². The molecule has 0 spiro atoms. The van der Waals surface area contributed by atoms with E-state index in [1.165, 1.54) is 4.88 Å². The van der Waals surface area contributed by atoms with E-state index in [2.05, 4.69) is 22.0 Å². The number of carbonyl (C=O) groups excluding carboxylic acids is 1. The number of aliphatic carboxylic acids is 1. The molecule has 0 aromatic carbocycles. The molecule has 1 heterocycles. The number of carboxylic acids is 1. The first-order chi connectivity index (χ1) is 9.02. The first kappa shape index (κ1) is 16.2. The molecule has 0 radical (unpaired) electrons. The van der Waals surface area contributed by atoms with Crippen LogP contribution < -0.4 is 0 Å². The molecule has 1 aromatic heterocycles. The first-order valence-electron chi connectivity index (χ1n) is 6.26. The van der Waals surface area contributed by atoms with Gasteiger partial charge >= 0.3 is 5.97 Å². The van der Waals surface area contributed by atoms with Gasteiger partial charge in [-0.3, -0.25) is 9.59 Å². The maximum Gasteiger partial charge on any atom is 0.305 e. The van der Waals surface area contributed by atoms with E-state index in [0.29, 0.717) is 19.5 Å². The highest BCUT2D eigenvalue weighted by atomic mass is 79.9. The smallest absolute Gasteiger partial charge is 0.305 e. The van der Waals surface area contributed by atoms with Crippen LogP contribution in [0.3, 0.4) is 0 Å². The molecule has 0 bridgehead atoms. The van der Waals surface area contributed by atoms with Gasteiger partial charge in [0, 0.05) is 24.4 Å². The zero-order valence-electron chi connectivity index (χ0n) is 10.9. The Morgan fingerprint density at radius 2 is 2.11 bits per heavy atom. The topological polar surface area (TPSA) is 57.6 Å². The molecule has 0 fully saturated rings. The molecule has 4 nitrogen and oxygen atoms in total. The van der Waals surface area contributed by atoms with Gasteiger partial charge in [0.15, 0.2) is 0 Å². The van der Waals surface area contributed by atoms with E-state index in [9.17, 15) is 9.59 Å². The highest BCUT2D eigenvalue weighted by Crippen LogP contribution is 2.23. The number of hydrogen-bond acceptors (Lipinski definition) is 3. The lowest BCUT2D eigenvalue weighted by molar-refractivity contribution is -0.138. The number of hydrogen-bond donors (Lipinski definition) is 1. The highest BCUT2D eigenvalue weighted by Gasteiger charge is 2.12. The van der Waals surface area contributed by atoms with Crippen molar-refractivity contribution in [3.63, 3.8) is 0 Å². The fourth-order valence-corrected chi connectivity index (χ4v) is 3.27. The Morgan fingerprint density at radius 1 is 1.37 bits per heavy atom. The van der Waals surface area contributed by atoms with Crippen molar-refractivity contribution in [1.82, 2.24) is 4.90 Å². The molecule has 1 amide bonds. The summed E-state index contributed by atoms with van der Waals surface area (Å²) in [6.07, 6.45) is 2.17. The number of amides is 1. The van der Waals surface area contributed by atoms with E-state index in [0.717, 1.165) is 16.6 Å². The van der Waals surface area contributed by atoms with Gasteiger partial charge in [-0.05, 0) is 47.8 Å². The van der Waals surface area contributed by atoms with Crippen LogP contribution in [-0.2, 0) is 16.0 Å². The van der Waals surface area contributed by atoms with Crippen LogP contribution in [0.4, 0.5) is 0 Å². The summed E-state index contributed by atoms with van der Waals surface area (Å²) >= 11 is 5.09. The van der Waals surface area contributed by atoms with Crippen LogP contribution in [0, 0.1) is 0 Å². The van der Waals surface area contributed by atoms with E-state index in [1.807, 2.05) is 13.0 Å². The second-order valence-corrected chi connectivity index (χ2v) is 6.72. The summed E-state index contributed by atoms with van der Waals surface area (Å²) in [5, 5.41) is 8.63. The fraction of sp³-hybridized carbons (Fsp3) is 0.538. The van der Waals surface area contributed by atoms with Crippen molar-refractivity contribution in [3.05, 3.63) is 20.8 Å². The van der Waals surface area contributed by atoms with Crippen LogP contribution in [0.1, 0.15) is 31.1 Å². The molecule has 1 N–H and O–H groups in total. The number of aryl methyl sites for hydroxylation is 1. The van der Waals surface area contributed by atoms with Crippen molar-refractivity contribution in [2.45, 2.75) is 32.6 Å². The van der Waals surface area contributed by atoms with Crippen LogP contribution in [0.2, 0.25) is 0 Å². The Labute approximate surface area is 125 Å². The van der Waals surface area contributed by atoms with E-state index in [4.69, 9.17) is 5.11 Å². The zero-order valence-corrected chi connectivity index (χ0v) is 13.3. The fourth-order valence-electron chi connectivity index (χ4n) is 1.75. The standard InChI is InChI=1S/C13H18BrNO3S/c1-2-15(9-8-13(17)18)12(16)5-3-4-10-6-7-11(14)19-10/h6-7H,2-5,8-9H2,1H3,(H,17,18). The van der Waals surface area contributed by atoms with Gasteiger partial charge < -0.3 is 10.0 Å². The summed E-state index contributed by atoms with van der Waals surface area (Å²) in [4.78, 5) is 25.3. The van der Waals surface area contributed by atoms with Gasteiger partial charge in [-0.15, -0.1) is 11.3 Å². The van der Waals surface area contributed by atoms with Crippen molar-refractivity contribution in [2.75, 3.05) is 13.1 Å². The van der Waals surface area contributed by atoms with Gasteiger partial charge in [-0.1, -0.05) is 0 Å². The molecule has 0 unspecified atom stereocenters. The number of carboxylic acid groups (broad SMARTS) is 1. The SMILES string of the molecule is CCN(CCC(=O)O)C(=O)CCCc1ccc(Br)s1. The average Bonchev–Trinajstić information content (AvgIpc) is 2.75. The van der Waals surface area contributed by atoms with Crippen molar-refractivity contribution in [1.29, 1.82) is 0 Å². The lowest BCUT2D eigenvalue weighted by Crippen LogP contribution is -2.32. The van der Waals surface area contributed by atoms with Gasteiger partial charge in [0.1, 0.15) is 0 Å². The predicted molar refractivity (Wildman–Crippen MR) is 79.5 cm³/mol. The monoisotopic (exact) mass is 347 g/mol. The summed E-state index contributed by atoms with van der Waals surface area (Å²) < 4.78 is 1.10. The minimum Gasteiger partial charge on any atom is -0.481 e. The maximum absolute atomic E-state index is 11.9. The molecule has 0 saturated heterocycles. The lowest BCUT2D eigenvalue weighted by atomic mass is 10.2.